The van der Waals surface area contributed by atoms with Crippen molar-refractivity contribution in [3.8, 4) is 11.5 Å². The fourth-order valence-corrected chi connectivity index (χ4v) is 4.41. The SMILES string of the molecule is O=C1C(=O)N(c2ccc(F)c(F)c2)C(c2cccc(O)c2)/C1=C(/O)c1ccc2c(c1)CCCO2. The first kappa shape index (κ1) is 21.6. The molecule has 6 nitrogen and oxygen atoms in total. The van der Waals surface area contributed by atoms with E-state index in [1.165, 1.54) is 24.3 Å². The third-order valence-corrected chi connectivity index (χ3v) is 5.99. The highest BCUT2D eigenvalue weighted by molar-refractivity contribution is 6.51. The van der Waals surface area contributed by atoms with Crippen molar-refractivity contribution < 1.29 is 33.3 Å². The van der Waals surface area contributed by atoms with Gasteiger partial charge in [-0.05, 0) is 66.4 Å². The molecule has 2 N–H and O–H groups in total. The van der Waals surface area contributed by atoms with Crippen molar-refractivity contribution in [2.75, 3.05) is 11.5 Å². The van der Waals surface area contributed by atoms with E-state index in [4.69, 9.17) is 4.74 Å². The summed E-state index contributed by atoms with van der Waals surface area (Å²) in [4.78, 5) is 27.2. The topological polar surface area (TPSA) is 87.1 Å². The summed E-state index contributed by atoms with van der Waals surface area (Å²) >= 11 is 0. The molecule has 2 aliphatic rings. The number of phenols is 1. The number of ketones is 1. The van der Waals surface area contributed by atoms with E-state index in [-0.39, 0.29) is 17.0 Å². The van der Waals surface area contributed by atoms with Crippen molar-refractivity contribution in [1.29, 1.82) is 0 Å². The van der Waals surface area contributed by atoms with Gasteiger partial charge in [-0.1, -0.05) is 12.1 Å². The third-order valence-electron chi connectivity index (χ3n) is 5.99. The number of phenolic OH excluding ortho intramolecular Hbond substituents is 1. The molecule has 3 aromatic rings. The lowest BCUT2D eigenvalue weighted by atomic mass is 9.93. The van der Waals surface area contributed by atoms with Gasteiger partial charge in [0.1, 0.15) is 17.3 Å². The molecule has 0 radical (unpaired) electrons. The van der Waals surface area contributed by atoms with Crippen molar-refractivity contribution in [2.45, 2.75) is 18.9 Å². The van der Waals surface area contributed by atoms with Crippen LogP contribution in [0.1, 0.15) is 29.2 Å². The molecular weight excluding hydrogens is 444 g/mol. The number of ether oxygens (including phenoxy) is 1. The number of carbonyl (C=O) groups excluding carboxylic acids is 2. The second kappa shape index (κ2) is 8.30. The molecule has 3 aromatic carbocycles. The molecule has 0 saturated carbocycles. The van der Waals surface area contributed by atoms with Crippen LogP contribution in [0.25, 0.3) is 5.76 Å². The number of aliphatic hydroxyl groups excluding tert-OH is 1. The van der Waals surface area contributed by atoms with Crippen LogP contribution >= 0.6 is 0 Å². The average Bonchev–Trinajstić information content (AvgIpc) is 3.10. The molecule has 0 aromatic heterocycles. The van der Waals surface area contributed by atoms with Crippen molar-refractivity contribution >= 4 is 23.1 Å². The van der Waals surface area contributed by atoms with Crippen LogP contribution in [0.4, 0.5) is 14.5 Å². The zero-order valence-corrected chi connectivity index (χ0v) is 17.8. The highest BCUT2D eigenvalue weighted by atomic mass is 19.2. The van der Waals surface area contributed by atoms with Crippen molar-refractivity contribution in [3.63, 3.8) is 0 Å². The normalized spacial score (nSPS) is 19.1. The molecule has 1 fully saturated rings. The van der Waals surface area contributed by atoms with E-state index in [9.17, 15) is 28.6 Å². The van der Waals surface area contributed by atoms with E-state index >= 15 is 0 Å². The quantitative estimate of drug-likeness (QED) is 0.336. The van der Waals surface area contributed by atoms with Gasteiger partial charge in [0.05, 0.1) is 18.2 Å². The van der Waals surface area contributed by atoms with Crippen LogP contribution in [0.3, 0.4) is 0 Å². The Morgan fingerprint density at radius 2 is 1.82 bits per heavy atom. The zero-order chi connectivity index (χ0) is 24.0. The number of anilines is 1. The second-order valence-electron chi connectivity index (χ2n) is 8.14. The van der Waals surface area contributed by atoms with Gasteiger partial charge in [0, 0.05) is 17.3 Å². The van der Waals surface area contributed by atoms with Gasteiger partial charge >= 0.3 is 0 Å². The van der Waals surface area contributed by atoms with E-state index in [0.29, 0.717) is 23.5 Å². The van der Waals surface area contributed by atoms with Gasteiger partial charge in [0.2, 0.25) is 0 Å². The van der Waals surface area contributed by atoms with Crippen molar-refractivity contribution in [1.82, 2.24) is 0 Å². The molecule has 34 heavy (non-hydrogen) atoms. The van der Waals surface area contributed by atoms with E-state index in [2.05, 4.69) is 0 Å². The van der Waals surface area contributed by atoms with Crippen LogP contribution < -0.4 is 9.64 Å². The molecule has 0 spiro atoms. The Labute approximate surface area is 193 Å². The Balaban J connectivity index is 1.71. The molecule has 2 heterocycles. The summed E-state index contributed by atoms with van der Waals surface area (Å²) in [5.41, 5.74) is 1.20. The standard InChI is InChI=1S/C26H19F2NO5/c27-19-8-7-17(13-20(19)28)29-23(15-3-1-5-18(30)12-15)22(25(32)26(29)33)24(31)16-6-9-21-14(11-16)4-2-10-34-21/h1,3,5-9,11-13,23,30-31H,2,4,10H2/b24-22-. The van der Waals surface area contributed by atoms with E-state index < -0.39 is 35.1 Å². The van der Waals surface area contributed by atoms with E-state index in [1.54, 1.807) is 24.3 Å². The van der Waals surface area contributed by atoms with Crippen molar-refractivity contribution in [3.05, 3.63) is 94.6 Å². The molecule has 2 aliphatic heterocycles. The number of hydrogen-bond acceptors (Lipinski definition) is 5. The number of nitrogens with zero attached hydrogens (tertiary/aromatic N) is 1. The third kappa shape index (κ3) is 3.57. The van der Waals surface area contributed by atoms with Gasteiger partial charge in [-0.25, -0.2) is 8.78 Å². The minimum Gasteiger partial charge on any atom is -0.508 e. The van der Waals surface area contributed by atoms with Crippen LogP contribution in [0.15, 0.2) is 66.2 Å². The Morgan fingerprint density at radius 1 is 1.00 bits per heavy atom. The lowest BCUT2D eigenvalue weighted by molar-refractivity contribution is -0.132. The summed E-state index contributed by atoms with van der Waals surface area (Å²) in [6.07, 6.45) is 1.54. The Morgan fingerprint density at radius 3 is 2.59 bits per heavy atom. The largest absolute Gasteiger partial charge is 0.508 e. The molecule has 1 saturated heterocycles. The molecule has 172 valence electrons. The van der Waals surface area contributed by atoms with Crippen molar-refractivity contribution in [2.24, 2.45) is 0 Å². The van der Waals surface area contributed by atoms with E-state index in [1.807, 2.05) is 0 Å². The second-order valence-corrected chi connectivity index (χ2v) is 8.14. The first-order chi connectivity index (χ1) is 16.3. The fraction of sp³-hybridized carbons (Fsp3) is 0.154. The average molecular weight is 463 g/mol. The van der Waals surface area contributed by atoms with Crippen LogP contribution in [-0.2, 0) is 16.0 Å². The smallest absolute Gasteiger partial charge is 0.300 e. The highest BCUT2D eigenvalue weighted by Gasteiger charge is 2.47. The predicted octanol–water partition coefficient (Wildman–Crippen LogP) is 4.62. The number of Topliss-reactive ketones (excluding diaryl/α,β-unsaturated/α-hetero) is 1. The number of hydrogen-bond donors (Lipinski definition) is 2. The Hall–Kier alpha value is -4.20. The lowest BCUT2D eigenvalue weighted by Crippen LogP contribution is -2.29. The molecule has 1 amide bonds. The van der Waals surface area contributed by atoms with Gasteiger partial charge < -0.3 is 14.9 Å². The number of aromatic hydroxyl groups is 1. The Bertz CT molecular complexity index is 1370. The number of halogens is 2. The molecule has 8 heteroatoms. The van der Waals surface area contributed by atoms with Crippen LogP contribution in [-0.4, -0.2) is 28.5 Å². The molecule has 1 unspecified atom stereocenters. The molecular formula is C26H19F2NO5. The molecule has 0 bridgehead atoms. The molecule has 1 atom stereocenters. The summed E-state index contributed by atoms with van der Waals surface area (Å²) in [5.74, 6) is -4.14. The molecule has 0 aliphatic carbocycles. The minimum absolute atomic E-state index is 0.0627. The first-order valence-corrected chi connectivity index (χ1v) is 10.7. The fourth-order valence-electron chi connectivity index (χ4n) is 4.41. The number of aryl methyl sites for hydroxylation is 1. The summed E-state index contributed by atoms with van der Waals surface area (Å²) in [6, 6.07) is 12.5. The summed E-state index contributed by atoms with van der Waals surface area (Å²) in [5, 5.41) is 21.2. The monoisotopic (exact) mass is 463 g/mol. The molecule has 5 rings (SSSR count). The summed E-state index contributed by atoms with van der Waals surface area (Å²) in [6.45, 7) is 0.592. The number of benzene rings is 3. The zero-order valence-electron chi connectivity index (χ0n) is 17.8. The summed E-state index contributed by atoms with van der Waals surface area (Å²) < 4.78 is 33.2. The highest BCUT2D eigenvalue weighted by Crippen LogP contribution is 2.43. The Kier molecular flexibility index (Phi) is 5.28. The van der Waals surface area contributed by atoms with Gasteiger partial charge in [-0.2, -0.15) is 0 Å². The van der Waals surface area contributed by atoms with Crippen LogP contribution in [0.5, 0.6) is 11.5 Å². The lowest BCUT2D eigenvalue weighted by Gasteiger charge is -2.25. The number of amides is 1. The van der Waals surface area contributed by atoms with Crippen LogP contribution in [0.2, 0.25) is 0 Å². The maximum atomic E-state index is 14.0. The minimum atomic E-state index is -1.19. The number of aliphatic hydroxyl groups is 1. The number of carbonyl (C=O) groups is 2. The number of fused-ring (bicyclic) bond motifs is 1. The predicted molar refractivity (Wildman–Crippen MR) is 120 cm³/mol. The maximum Gasteiger partial charge on any atom is 0.300 e. The van der Waals surface area contributed by atoms with Gasteiger partial charge in [-0.15, -0.1) is 0 Å². The van der Waals surface area contributed by atoms with Gasteiger partial charge in [0.15, 0.2) is 11.6 Å². The maximum absolute atomic E-state index is 14.0. The van der Waals surface area contributed by atoms with Gasteiger partial charge in [0.25, 0.3) is 11.7 Å². The van der Waals surface area contributed by atoms with E-state index in [0.717, 1.165) is 35.4 Å². The van der Waals surface area contributed by atoms with Crippen LogP contribution in [0, 0.1) is 11.6 Å². The van der Waals surface area contributed by atoms with Gasteiger partial charge in [-0.3, -0.25) is 14.5 Å². The number of rotatable bonds is 3. The first-order valence-electron chi connectivity index (χ1n) is 10.7. The summed E-state index contributed by atoms with van der Waals surface area (Å²) in [7, 11) is 0.